The Morgan fingerprint density at radius 3 is 2.32 bits per heavy atom. The van der Waals surface area contributed by atoms with Gasteiger partial charge in [0.15, 0.2) is 5.96 Å². The minimum Gasteiger partial charge on any atom is -0.444 e. The van der Waals surface area contributed by atoms with E-state index < -0.39 is 17.2 Å². The maximum atomic E-state index is 11.8. The van der Waals surface area contributed by atoms with Gasteiger partial charge >= 0.3 is 6.09 Å². The van der Waals surface area contributed by atoms with Gasteiger partial charge in [-0.3, -0.25) is 4.99 Å². The molecule has 4 N–H and O–H groups in total. The van der Waals surface area contributed by atoms with Crippen LogP contribution in [0.5, 0.6) is 0 Å². The summed E-state index contributed by atoms with van der Waals surface area (Å²) >= 11 is 0. The molecule has 142 valence electrons. The Morgan fingerprint density at radius 2 is 1.76 bits per heavy atom. The summed E-state index contributed by atoms with van der Waals surface area (Å²) in [5.41, 5.74) is 6.04. The lowest BCUT2D eigenvalue weighted by molar-refractivity contribution is 0.0476. The van der Waals surface area contributed by atoms with Crippen molar-refractivity contribution in [1.82, 2.24) is 10.6 Å². The van der Waals surface area contributed by atoms with Crippen molar-refractivity contribution in [3.8, 4) is 0 Å². The predicted octanol–water partition coefficient (Wildman–Crippen LogP) is 3.05. The van der Waals surface area contributed by atoms with Gasteiger partial charge in [-0.1, -0.05) is 30.3 Å². The molecule has 25 heavy (non-hydrogen) atoms. The quantitative estimate of drug-likeness (QED) is 0.345. The lowest BCUT2D eigenvalue weighted by Gasteiger charge is -2.27. The van der Waals surface area contributed by atoms with Gasteiger partial charge in [-0.2, -0.15) is 0 Å². The second kappa shape index (κ2) is 10.5. The number of alkyl carbamates (subject to hydrolysis) is 1. The molecule has 0 spiro atoms. The van der Waals surface area contributed by atoms with Gasteiger partial charge in [0.05, 0.1) is 12.1 Å². The van der Waals surface area contributed by atoms with Crippen molar-refractivity contribution < 1.29 is 9.53 Å². The molecule has 0 aliphatic heterocycles. The van der Waals surface area contributed by atoms with Crippen LogP contribution in [0.1, 0.15) is 40.2 Å². The van der Waals surface area contributed by atoms with Gasteiger partial charge in [-0.05, 0) is 46.6 Å². The molecule has 0 heterocycles. The second-order valence-electron chi connectivity index (χ2n) is 7.37. The zero-order valence-corrected chi connectivity index (χ0v) is 18.1. The normalized spacial score (nSPS) is 12.1. The topological polar surface area (TPSA) is 88.7 Å². The summed E-state index contributed by atoms with van der Waals surface area (Å²) < 4.78 is 5.25. The summed E-state index contributed by atoms with van der Waals surface area (Å²) in [6, 6.07) is 10.2. The molecule has 1 rings (SSSR count). The molecular weight excluding hydrogens is 431 g/mol. The standard InChI is InChI=1S/C18H30N4O2.HI/c1-17(2,3)24-16(23)22-18(4,5)13-21-15(19)20-12-11-14-9-7-6-8-10-14;/h6-10H,11-13H2,1-5H3,(H,22,23)(H3,19,20,21);1H. The van der Waals surface area contributed by atoms with Crippen molar-refractivity contribution in [2.45, 2.75) is 52.2 Å². The number of carbonyl (C=O) groups excluding carboxylic acids is 1. The van der Waals surface area contributed by atoms with Gasteiger partial charge in [0.2, 0.25) is 0 Å². The van der Waals surface area contributed by atoms with E-state index in [9.17, 15) is 4.79 Å². The number of rotatable bonds is 6. The molecule has 0 unspecified atom stereocenters. The maximum Gasteiger partial charge on any atom is 0.408 e. The third-order valence-corrected chi connectivity index (χ3v) is 3.05. The molecule has 1 aromatic carbocycles. The molecule has 1 amide bonds. The lowest BCUT2D eigenvalue weighted by Crippen LogP contribution is -2.48. The SMILES string of the molecule is CC(C)(CN=C(N)NCCc1ccccc1)NC(=O)OC(C)(C)C.I. The Bertz CT molecular complexity index is 554. The van der Waals surface area contributed by atoms with Crippen LogP contribution in [0.2, 0.25) is 0 Å². The number of halogens is 1. The van der Waals surface area contributed by atoms with Crippen molar-refractivity contribution in [1.29, 1.82) is 0 Å². The van der Waals surface area contributed by atoms with Crippen LogP contribution >= 0.6 is 24.0 Å². The van der Waals surface area contributed by atoms with E-state index in [0.717, 1.165) is 6.42 Å². The fourth-order valence-electron chi connectivity index (χ4n) is 1.94. The number of carbonyl (C=O) groups is 1. The van der Waals surface area contributed by atoms with Gasteiger partial charge in [0.1, 0.15) is 5.60 Å². The van der Waals surface area contributed by atoms with E-state index in [1.807, 2.05) is 52.8 Å². The Hall–Kier alpha value is -1.51. The molecule has 0 aliphatic carbocycles. The van der Waals surface area contributed by atoms with Crippen molar-refractivity contribution in [2.75, 3.05) is 13.1 Å². The first kappa shape index (κ1) is 23.5. The van der Waals surface area contributed by atoms with Gasteiger partial charge in [-0.15, -0.1) is 24.0 Å². The zero-order valence-electron chi connectivity index (χ0n) is 15.8. The molecule has 0 radical (unpaired) electrons. The number of hydrogen-bond donors (Lipinski definition) is 3. The summed E-state index contributed by atoms with van der Waals surface area (Å²) in [5.74, 6) is 0.366. The zero-order chi connectivity index (χ0) is 18.2. The molecule has 0 saturated carbocycles. The Balaban J connectivity index is 0.00000576. The molecule has 0 atom stereocenters. The number of nitrogens with one attached hydrogen (secondary N) is 2. The minimum absolute atomic E-state index is 0. The highest BCUT2D eigenvalue weighted by Gasteiger charge is 2.24. The smallest absolute Gasteiger partial charge is 0.408 e. The van der Waals surface area contributed by atoms with Crippen molar-refractivity contribution >= 4 is 36.0 Å². The van der Waals surface area contributed by atoms with Gasteiger partial charge < -0.3 is 21.1 Å². The third-order valence-electron chi connectivity index (χ3n) is 3.05. The van der Waals surface area contributed by atoms with Crippen molar-refractivity contribution in [2.24, 2.45) is 10.7 Å². The van der Waals surface area contributed by atoms with Crippen LogP contribution in [0.15, 0.2) is 35.3 Å². The van der Waals surface area contributed by atoms with Gasteiger partial charge in [-0.25, -0.2) is 4.79 Å². The second-order valence-corrected chi connectivity index (χ2v) is 7.37. The fraction of sp³-hybridized carbons (Fsp3) is 0.556. The van der Waals surface area contributed by atoms with Crippen molar-refractivity contribution in [3.05, 3.63) is 35.9 Å². The average Bonchev–Trinajstić information content (AvgIpc) is 2.44. The largest absolute Gasteiger partial charge is 0.444 e. The summed E-state index contributed by atoms with van der Waals surface area (Å²) in [5, 5.41) is 5.88. The number of hydrogen-bond acceptors (Lipinski definition) is 3. The van der Waals surface area contributed by atoms with Crippen LogP contribution in [-0.4, -0.2) is 36.3 Å². The molecule has 0 fully saturated rings. The monoisotopic (exact) mass is 462 g/mol. The number of guanidine groups is 1. The van der Waals surface area contributed by atoms with E-state index in [1.54, 1.807) is 0 Å². The molecule has 0 bridgehead atoms. The number of aliphatic imine (C=N–C) groups is 1. The highest BCUT2D eigenvalue weighted by molar-refractivity contribution is 14.0. The van der Waals surface area contributed by atoms with Crippen LogP contribution in [0, 0.1) is 0 Å². The van der Waals surface area contributed by atoms with Crippen LogP contribution < -0.4 is 16.4 Å². The average molecular weight is 462 g/mol. The predicted molar refractivity (Wildman–Crippen MR) is 114 cm³/mol. The lowest BCUT2D eigenvalue weighted by atomic mass is 10.1. The molecule has 7 heteroatoms. The Kier molecular flexibility index (Phi) is 9.84. The highest BCUT2D eigenvalue weighted by atomic mass is 127. The van der Waals surface area contributed by atoms with E-state index in [-0.39, 0.29) is 24.0 Å². The summed E-state index contributed by atoms with van der Waals surface area (Å²) in [4.78, 5) is 16.1. The number of nitrogens with zero attached hydrogens (tertiary/aromatic N) is 1. The molecule has 0 aromatic heterocycles. The Morgan fingerprint density at radius 1 is 1.16 bits per heavy atom. The molecule has 6 nitrogen and oxygen atoms in total. The van der Waals surface area contributed by atoms with E-state index in [2.05, 4.69) is 27.8 Å². The molecule has 0 aliphatic rings. The summed E-state index contributed by atoms with van der Waals surface area (Å²) in [6.45, 7) is 10.3. The summed E-state index contributed by atoms with van der Waals surface area (Å²) in [7, 11) is 0. The fourth-order valence-corrected chi connectivity index (χ4v) is 1.94. The van der Waals surface area contributed by atoms with Gasteiger partial charge in [0.25, 0.3) is 0 Å². The first-order valence-electron chi connectivity index (χ1n) is 8.16. The first-order chi connectivity index (χ1) is 11.1. The minimum atomic E-state index is -0.548. The first-order valence-corrected chi connectivity index (χ1v) is 8.16. The van der Waals surface area contributed by atoms with E-state index >= 15 is 0 Å². The number of amides is 1. The van der Waals surface area contributed by atoms with Crippen LogP contribution in [0.4, 0.5) is 4.79 Å². The van der Waals surface area contributed by atoms with E-state index in [1.165, 1.54) is 5.56 Å². The Labute approximate surface area is 168 Å². The molecule has 0 saturated heterocycles. The number of benzene rings is 1. The van der Waals surface area contributed by atoms with Crippen LogP contribution in [0.3, 0.4) is 0 Å². The molecule has 1 aromatic rings. The van der Waals surface area contributed by atoms with E-state index in [0.29, 0.717) is 19.0 Å². The summed E-state index contributed by atoms with van der Waals surface area (Å²) in [6.07, 6.45) is 0.412. The number of ether oxygens (including phenoxy) is 1. The van der Waals surface area contributed by atoms with E-state index in [4.69, 9.17) is 10.5 Å². The van der Waals surface area contributed by atoms with Crippen molar-refractivity contribution in [3.63, 3.8) is 0 Å². The maximum absolute atomic E-state index is 11.8. The number of nitrogens with two attached hydrogens (primary N) is 1. The molecular formula is C18H31IN4O2. The third kappa shape index (κ3) is 11.6. The van der Waals surface area contributed by atoms with Gasteiger partial charge in [0, 0.05) is 6.54 Å². The highest BCUT2D eigenvalue weighted by Crippen LogP contribution is 2.09. The van der Waals surface area contributed by atoms with Crippen LogP contribution in [0.25, 0.3) is 0 Å². The van der Waals surface area contributed by atoms with Crippen LogP contribution in [-0.2, 0) is 11.2 Å².